The van der Waals surface area contributed by atoms with E-state index >= 15 is 0 Å². The lowest BCUT2D eigenvalue weighted by Crippen LogP contribution is -2.56. The molecule has 3 aromatic rings. The highest BCUT2D eigenvalue weighted by molar-refractivity contribution is 5.95. The molecule has 1 aliphatic heterocycles. The zero-order valence-corrected chi connectivity index (χ0v) is 23.9. The molecule has 1 fully saturated rings. The number of benzene rings is 3. The number of aryl methyl sites for hydroxylation is 1. The van der Waals surface area contributed by atoms with Crippen molar-refractivity contribution in [3.05, 3.63) is 101 Å². The second-order valence-electron chi connectivity index (χ2n) is 10.4. The third-order valence-electron chi connectivity index (χ3n) is 7.51. The molecule has 0 aromatic heterocycles. The van der Waals surface area contributed by atoms with Gasteiger partial charge in [0.25, 0.3) is 5.91 Å². The number of nitrogens with one attached hydrogen (secondary N) is 2. The first-order valence-corrected chi connectivity index (χ1v) is 14.4. The van der Waals surface area contributed by atoms with Crippen molar-refractivity contribution in [3.8, 4) is 0 Å². The van der Waals surface area contributed by atoms with E-state index in [0.717, 1.165) is 41.8 Å². The van der Waals surface area contributed by atoms with Gasteiger partial charge in [-0.1, -0.05) is 68.4 Å². The minimum atomic E-state index is -0.940. The maximum absolute atomic E-state index is 13.1. The average molecular weight is 557 g/mol. The van der Waals surface area contributed by atoms with Crippen LogP contribution in [-0.2, 0) is 28.9 Å². The van der Waals surface area contributed by atoms with Gasteiger partial charge in [-0.2, -0.15) is 0 Å². The summed E-state index contributed by atoms with van der Waals surface area (Å²) in [5, 5.41) is 15.9. The minimum Gasteiger partial charge on any atom is -0.390 e. The third kappa shape index (κ3) is 8.25. The van der Waals surface area contributed by atoms with E-state index in [1.165, 1.54) is 0 Å². The number of hydrogen-bond acceptors (Lipinski definition) is 5. The zero-order chi connectivity index (χ0) is 29.2. The molecule has 41 heavy (non-hydrogen) atoms. The number of aliphatic hydroxyl groups is 1. The Labute approximate surface area is 242 Å². The van der Waals surface area contributed by atoms with Gasteiger partial charge in [-0.3, -0.25) is 19.8 Å². The summed E-state index contributed by atoms with van der Waals surface area (Å²) in [4.78, 5) is 39.7. The number of nitrogens with zero attached hydrogens (tertiary/aromatic N) is 2. The molecule has 3 aromatic carbocycles. The van der Waals surface area contributed by atoms with Gasteiger partial charge >= 0.3 is 0 Å². The predicted molar refractivity (Wildman–Crippen MR) is 160 cm³/mol. The van der Waals surface area contributed by atoms with Crippen LogP contribution < -0.4 is 15.6 Å². The molecule has 0 spiro atoms. The van der Waals surface area contributed by atoms with Gasteiger partial charge in [0.15, 0.2) is 0 Å². The highest BCUT2D eigenvalue weighted by Gasteiger charge is 2.28. The molecule has 3 N–H and O–H groups in total. The summed E-state index contributed by atoms with van der Waals surface area (Å²) in [6.45, 7) is 5.19. The highest BCUT2D eigenvalue weighted by atomic mass is 16.3. The first kappa shape index (κ1) is 30.0. The molecule has 2 unspecified atom stereocenters. The monoisotopic (exact) mass is 556 g/mol. The van der Waals surface area contributed by atoms with E-state index in [4.69, 9.17) is 0 Å². The van der Waals surface area contributed by atoms with E-state index in [1.54, 1.807) is 16.0 Å². The van der Waals surface area contributed by atoms with Crippen LogP contribution in [0.4, 0.5) is 5.69 Å². The summed E-state index contributed by atoms with van der Waals surface area (Å²) < 4.78 is 0. The Morgan fingerprint density at radius 3 is 2.34 bits per heavy atom. The molecule has 0 radical (unpaired) electrons. The van der Waals surface area contributed by atoms with Gasteiger partial charge in [0.2, 0.25) is 11.8 Å². The molecule has 0 bridgehead atoms. The number of carbonyl (C=O) groups is 3. The first-order chi connectivity index (χ1) is 19.9. The molecule has 3 amide bonds. The Kier molecular flexibility index (Phi) is 10.6. The Hall–Kier alpha value is -4.01. The number of hydrogen-bond donors (Lipinski definition) is 3. The van der Waals surface area contributed by atoms with E-state index in [-0.39, 0.29) is 30.7 Å². The van der Waals surface area contributed by atoms with Gasteiger partial charge in [-0.05, 0) is 60.2 Å². The molecule has 8 nitrogen and oxygen atoms in total. The van der Waals surface area contributed by atoms with Crippen molar-refractivity contribution in [1.29, 1.82) is 0 Å². The molecule has 0 saturated carbocycles. The van der Waals surface area contributed by atoms with Crippen LogP contribution in [0, 0.1) is 0 Å². The van der Waals surface area contributed by atoms with Crippen LogP contribution >= 0.6 is 0 Å². The van der Waals surface area contributed by atoms with E-state index in [1.807, 2.05) is 86.6 Å². The molecule has 2 atom stereocenters. The van der Waals surface area contributed by atoms with Crippen LogP contribution in [0.3, 0.4) is 0 Å². The number of likely N-dealkylation sites (N-methyl/N-ethyl adjacent to an activating group) is 1. The van der Waals surface area contributed by atoms with Crippen molar-refractivity contribution in [2.24, 2.45) is 0 Å². The molecule has 1 saturated heterocycles. The van der Waals surface area contributed by atoms with Crippen LogP contribution in [0.5, 0.6) is 0 Å². The van der Waals surface area contributed by atoms with Crippen molar-refractivity contribution >= 4 is 23.4 Å². The normalized spacial score (nSPS) is 14.6. The van der Waals surface area contributed by atoms with Gasteiger partial charge in [-0.15, -0.1) is 0 Å². The maximum atomic E-state index is 13.1. The number of carbonyl (C=O) groups excluding carboxylic acids is 3. The summed E-state index contributed by atoms with van der Waals surface area (Å²) in [6.07, 6.45) is 1.97. The summed E-state index contributed by atoms with van der Waals surface area (Å²) in [6, 6.07) is 24.3. The van der Waals surface area contributed by atoms with Gasteiger partial charge in [0, 0.05) is 37.3 Å². The van der Waals surface area contributed by atoms with Crippen LogP contribution in [0.25, 0.3) is 0 Å². The lowest BCUT2D eigenvalue weighted by Gasteiger charge is -2.34. The number of hydrazine groups is 1. The summed E-state index contributed by atoms with van der Waals surface area (Å²) in [5.41, 5.74) is 7.30. The SMILES string of the molecule is CCc1cccc(C(=O)NN(CC)C(Cc2ccccc2)C(O)CNC(=O)Cc2ccc(N3CCCC3=O)cc2)c1. The Morgan fingerprint density at radius 1 is 0.951 bits per heavy atom. The molecule has 4 rings (SSSR count). The van der Waals surface area contributed by atoms with E-state index in [9.17, 15) is 19.5 Å². The van der Waals surface area contributed by atoms with Crippen LogP contribution in [0.1, 0.15) is 53.7 Å². The Balaban J connectivity index is 1.39. The second-order valence-corrected chi connectivity index (χ2v) is 10.4. The highest BCUT2D eigenvalue weighted by Crippen LogP contribution is 2.22. The smallest absolute Gasteiger partial charge is 0.265 e. The third-order valence-corrected chi connectivity index (χ3v) is 7.51. The quantitative estimate of drug-likeness (QED) is 0.279. The fourth-order valence-electron chi connectivity index (χ4n) is 5.15. The maximum Gasteiger partial charge on any atom is 0.265 e. The van der Waals surface area contributed by atoms with Crippen molar-refractivity contribution in [1.82, 2.24) is 15.8 Å². The molecular formula is C33H40N4O4. The van der Waals surface area contributed by atoms with Crippen LogP contribution in [-0.4, -0.2) is 59.6 Å². The van der Waals surface area contributed by atoms with Gasteiger partial charge in [0.1, 0.15) is 0 Å². The van der Waals surface area contributed by atoms with Crippen LogP contribution in [0.15, 0.2) is 78.9 Å². The number of anilines is 1. The van der Waals surface area contributed by atoms with Gasteiger partial charge < -0.3 is 15.3 Å². The standard InChI is InChI=1S/C33H40N4O4/c1-3-24-12-8-13-27(20-24)33(41)35-37(4-2)29(21-25-10-6-5-7-11-25)30(38)23-34-31(39)22-26-15-17-28(18-16-26)36-19-9-14-32(36)40/h5-8,10-13,15-18,20,29-30,38H,3-4,9,14,19,21-23H2,1-2H3,(H,34,39)(H,35,41). The van der Waals surface area contributed by atoms with Crippen molar-refractivity contribution < 1.29 is 19.5 Å². The summed E-state index contributed by atoms with van der Waals surface area (Å²) in [5.74, 6) is -0.326. The minimum absolute atomic E-state index is 0.0361. The molecule has 1 heterocycles. The van der Waals surface area contributed by atoms with Crippen LogP contribution in [0.2, 0.25) is 0 Å². The van der Waals surface area contributed by atoms with E-state index in [2.05, 4.69) is 10.7 Å². The first-order valence-electron chi connectivity index (χ1n) is 14.4. The van der Waals surface area contributed by atoms with E-state index < -0.39 is 12.1 Å². The molecule has 0 aliphatic carbocycles. The topological polar surface area (TPSA) is 102 Å². The fraction of sp³-hybridized carbons (Fsp3) is 0.364. The number of amides is 3. The lowest BCUT2D eigenvalue weighted by atomic mass is 10.00. The molecule has 8 heteroatoms. The summed E-state index contributed by atoms with van der Waals surface area (Å²) in [7, 11) is 0. The fourth-order valence-corrected chi connectivity index (χ4v) is 5.15. The van der Waals surface area contributed by atoms with Crippen molar-refractivity contribution in [2.75, 3.05) is 24.5 Å². The molecule has 216 valence electrons. The molecular weight excluding hydrogens is 516 g/mol. The van der Waals surface area contributed by atoms with Gasteiger partial charge in [-0.25, -0.2) is 5.01 Å². The van der Waals surface area contributed by atoms with Gasteiger partial charge in [0.05, 0.1) is 18.6 Å². The van der Waals surface area contributed by atoms with E-state index in [0.29, 0.717) is 24.9 Å². The second kappa shape index (κ2) is 14.6. The zero-order valence-electron chi connectivity index (χ0n) is 23.9. The average Bonchev–Trinajstić information content (AvgIpc) is 3.44. The number of rotatable bonds is 13. The summed E-state index contributed by atoms with van der Waals surface area (Å²) >= 11 is 0. The Morgan fingerprint density at radius 2 is 1.68 bits per heavy atom. The lowest BCUT2D eigenvalue weighted by molar-refractivity contribution is -0.121. The predicted octanol–water partition coefficient (Wildman–Crippen LogP) is 3.67. The molecule has 1 aliphatic rings. The largest absolute Gasteiger partial charge is 0.390 e. The Bertz CT molecular complexity index is 1310. The van der Waals surface area contributed by atoms with Crippen molar-refractivity contribution in [3.63, 3.8) is 0 Å². The number of aliphatic hydroxyl groups excluding tert-OH is 1. The van der Waals surface area contributed by atoms with Crippen molar-refractivity contribution in [2.45, 2.75) is 58.1 Å².